The highest BCUT2D eigenvalue weighted by Crippen LogP contribution is 2.22. The zero-order valence-corrected chi connectivity index (χ0v) is 9.56. The summed E-state index contributed by atoms with van der Waals surface area (Å²) in [6.07, 6.45) is 0. The van der Waals surface area contributed by atoms with Crippen molar-refractivity contribution in [1.29, 1.82) is 5.26 Å². The third kappa shape index (κ3) is 3.74. The molecule has 0 spiro atoms. The Morgan fingerprint density at radius 1 is 1.47 bits per heavy atom. The average Bonchev–Trinajstić information content (AvgIpc) is 2.34. The maximum absolute atomic E-state index is 10.7. The molecule has 2 N–H and O–H groups in total. The molecule has 1 aromatic carbocycles. The Kier molecular flexibility index (Phi) is 4.91. The summed E-state index contributed by atoms with van der Waals surface area (Å²) >= 11 is 0. The Morgan fingerprint density at radius 3 is 2.82 bits per heavy atom. The minimum Gasteiger partial charge on any atom is -0.384 e. The SMILES string of the molecule is CCNCCNc1ccc(C#N)c([N+](=O)[O-])c1. The van der Waals surface area contributed by atoms with Crippen LogP contribution in [0, 0.1) is 21.4 Å². The van der Waals surface area contributed by atoms with Crippen LogP contribution >= 0.6 is 0 Å². The van der Waals surface area contributed by atoms with Gasteiger partial charge in [0.05, 0.1) is 4.92 Å². The van der Waals surface area contributed by atoms with Gasteiger partial charge in [0.15, 0.2) is 0 Å². The van der Waals surface area contributed by atoms with E-state index in [9.17, 15) is 10.1 Å². The normalized spacial score (nSPS) is 9.65. The maximum atomic E-state index is 10.7. The second-order valence-electron chi connectivity index (χ2n) is 3.38. The van der Waals surface area contributed by atoms with Gasteiger partial charge in [-0.15, -0.1) is 0 Å². The summed E-state index contributed by atoms with van der Waals surface area (Å²) in [5.41, 5.74) is 0.557. The lowest BCUT2D eigenvalue weighted by Crippen LogP contribution is -2.21. The van der Waals surface area contributed by atoms with Crippen LogP contribution in [0.5, 0.6) is 0 Å². The summed E-state index contributed by atoms with van der Waals surface area (Å²) < 4.78 is 0. The first-order valence-electron chi connectivity index (χ1n) is 5.32. The summed E-state index contributed by atoms with van der Waals surface area (Å²) in [5.74, 6) is 0. The van der Waals surface area contributed by atoms with E-state index in [1.165, 1.54) is 12.1 Å². The number of nitrogens with one attached hydrogen (secondary N) is 2. The number of benzene rings is 1. The summed E-state index contributed by atoms with van der Waals surface area (Å²) in [7, 11) is 0. The predicted octanol–water partition coefficient (Wildman–Crippen LogP) is 1.49. The van der Waals surface area contributed by atoms with Crippen molar-refractivity contribution < 1.29 is 4.92 Å². The Morgan fingerprint density at radius 2 is 2.24 bits per heavy atom. The zero-order valence-electron chi connectivity index (χ0n) is 9.56. The molecule has 0 aliphatic carbocycles. The molecule has 0 bridgehead atoms. The van der Waals surface area contributed by atoms with Gasteiger partial charge >= 0.3 is 0 Å². The van der Waals surface area contributed by atoms with Crippen LogP contribution in [0.2, 0.25) is 0 Å². The Hall–Kier alpha value is -2.13. The highest BCUT2D eigenvalue weighted by atomic mass is 16.6. The van der Waals surface area contributed by atoms with Gasteiger partial charge in [0.2, 0.25) is 0 Å². The van der Waals surface area contributed by atoms with E-state index in [1.54, 1.807) is 12.1 Å². The molecule has 17 heavy (non-hydrogen) atoms. The van der Waals surface area contributed by atoms with E-state index in [0.717, 1.165) is 13.1 Å². The second kappa shape index (κ2) is 6.45. The van der Waals surface area contributed by atoms with E-state index in [1.807, 2.05) is 6.92 Å². The molecule has 1 rings (SSSR count). The first kappa shape index (κ1) is 12.9. The van der Waals surface area contributed by atoms with Crippen LogP contribution < -0.4 is 10.6 Å². The number of nitro benzene ring substituents is 1. The Bertz CT molecular complexity index is 440. The molecule has 6 heteroatoms. The number of nitrogens with zero attached hydrogens (tertiary/aromatic N) is 2. The van der Waals surface area contributed by atoms with Gasteiger partial charge in [-0.25, -0.2) is 0 Å². The van der Waals surface area contributed by atoms with E-state index in [4.69, 9.17) is 5.26 Å². The topological polar surface area (TPSA) is 91.0 Å². The second-order valence-corrected chi connectivity index (χ2v) is 3.38. The van der Waals surface area contributed by atoms with Gasteiger partial charge in [-0.3, -0.25) is 10.1 Å². The molecular formula is C11H14N4O2. The third-order valence-electron chi connectivity index (χ3n) is 2.20. The first-order valence-corrected chi connectivity index (χ1v) is 5.32. The molecule has 6 nitrogen and oxygen atoms in total. The number of rotatable bonds is 6. The largest absolute Gasteiger partial charge is 0.384 e. The summed E-state index contributed by atoms with van der Waals surface area (Å²) in [6.45, 7) is 4.35. The Balaban J connectivity index is 2.72. The zero-order chi connectivity index (χ0) is 12.7. The van der Waals surface area contributed by atoms with Gasteiger partial charge in [0.1, 0.15) is 11.6 Å². The third-order valence-corrected chi connectivity index (χ3v) is 2.20. The molecule has 90 valence electrons. The fraction of sp³-hybridized carbons (Fsp3) is 0.364. The highest BCUT2D eigenvalue weighted by Gasteiger charge is 2.13. The molecule has 0 fully saturated rings. The molecule has 0 aliphatic heterocycles. The average molecular weight is 234 g/mol. The van der Waals surface area contributed by atoms with Gasteiger partial charge in [-0.05, 0) is 18.7 Å². The lowest BCUT2D eigenvalue weighted by atomic mass is 10.2. The number of nitriles is 1. The molecule has 0 amide bonds. The minimum absolute atomic E-state index is 0.0761. The van der Waals surface area contributed by atoms with Crippen molar-refractivity contribution in [2.75, 3.05) is 25.0 Å². The lowest BCUT2D eigenvalue weighted by molar-refractivity contribution is -0.385. The van der Waals surface area contributed by atoms with Crippen molar-refractivity contribution in [1.82, 2.24) is 5.32 Å². The first-order chi connectivity index (χ1) is 8.19. The van der Waals surface area contributed by atoms with Crippen LogP contribution in [0.1, 0.15) is 12.5 Å². The van der Waals surface area contributed by atoms with Crippen molar-refractivity contribution in [2.24, 2.45) is 0 Å². The molecule has 0 atom stereocenters. The summed E-state index contributed by atoms with van der Waals surface area (Å²) in [5, 5.41) is 25.6. The van der Waals surface area contributed by atoms with Gasteiger partial charge in [0, 0.05) is 24.8 Å². The molecule has 1 aromatic rings. The van der Waals surface area contributed by atoms with E-state index >= 15 is 0 Å². The lowest BCUT2D eigenvalue weighted by Gasteiger charge is -2.06. The Labute approximate surface area is 99.4 Å². The number of anilines is 1. The predicted molar refractivity (Wildman–Crippen MR) is 64.8 cm³/mol. The number of hydrogen-bond donors (Lipinski definition) is 2. The van der Waals surface area contributed by atoms with Gasteiger partial charge in [-0.1, -0.05) is 6.92 Å². The van der Waals surface area contributed by atoms with E-state index in [-0.39, 0.29) is 11.3 Å². The van der Waals surface area contributed by atoms with E-state index in [0.29, 0.717) is 12.2 Å². The van der Waals surface area contributed by atoms with E-state index < -0.39 is 4.92 Å². The molecule has 0 saturated carbocycles. The smallest absolute Gasteiger partial charge is 0.289 e. The van der Waals surface area contributed by atoms with Crippen molar-refractivity contribution in [3.05, 3.63) is 33.9 Å². The fourth-order valence-electron chi connectivity index (χ4n) is 1.36. The number of likely N-dealkylation sites (N-methyl/N-ethyl adjacent to an activating group) is 1. The minimum atomic E-state index is -0.548. The van der Waals surface area contributed by atoms with Crippen LogP contribution in [0.3, 0.4) is 0 Å². The van der Waals surface area contributed by atoms with Crippen molar-refractivity contribution in [3.63, 3.8) is 0 Å². The quantitative estimate of drug-likeness (QED) is 0.442. The maximum Gasteiger partial charge on any atom is 0.289 e. The molecule has 0 unspecified atom stereocenters. The molecule has 0 radical (unpaired) electrons. The molecule has 0 aromatic heterocycles. The van der Waals surface area contributed by atoms with Gasteiger partial charge in [0.25, 0.3) is 5.69 Å². The van der Waals surface area contributed by atoms with Gasteiger partial charge < -0.3 is 10.6 Å². The monoisotopic (exact) mass is 234 g/mol. The summed E-state index contributed by atoms with van der Waals surface area (Å²) in [4.78, 5) is 10.2. The van der Waals surface area contributed by atoms with Crippen molar-refractivity contribution in [3.8, 4) is 6.07 Å². The van der Waals surface area contributed by atoms with Crippen molar-refractivity contribution >= 4 is 11.4 Å². The van der Waals surface area contributed by atoms with Crippen LogP contribution in [-0.2, 0) is 0 Å². The number of nitro groups is 1. The molecule has 0 saturated heterocycles. The standard InChI is InChI=1S/C11H14N4O2/c1-2-13-5-6-14-10-4-3-9(8-12)11(7-10)15(16)17/h3-4,7,13-14H,2,5-6H2,1H3. The highest BCUT2D eigenvalue weighted by molar-refractivity contribution is 5.59. The molecule has 0 aliphatic rings. The van der Waals surface area contributed by atoms with Crippen LogP contribution in [0.4, 0.5) is 11.4 Å². The fourth-order valence-corrected chi connectivity index (χ4v) is 1.36. The van der Waals surface area contributed by atoms with Crippen molar-refractivity contribution in [2.45, 2.75) is 6.92 Å². The molecule has 0 heterocycles. The van der Waals surface area contributed by atoms with E-state index in [2.05, 4.69) is 10.6 Å². The van der Waals surface area contributed by atoms with Crippen LogP contribution in [0.15, 0.2) is 18.2 Å². The van der Waals surface area contributed by atoms with Crippen LogP contribution in [-0.4, -0.2) is 24.6 Å². The van der Waals surface area contributed by atoms with Crippen LogP contribution in [0.25, 0.3) is 0 Å². The number of hydrogen-bond acceptors (Lipinski definition) is 5. The summed E-state index contributed by atoms with van der Waals surface area (Å²) in [6, 6.07) is 6.29. The molecular weight excluding hydrogens is 220 g/mol. The van der Waals surface area contributed by atoms with Gasteiger partial charge in [-0.2, -0.15) is 5.26 Å².